The molecule has 0 aliphatic heterocycles. The summed E-state index contributed by atoms with van der Waals surface area (Å²) in [6.45, 7) is 1.69. The summed E-state index contributed by atoms with van der Waals surface area (Å²) in [6.07, 6.45) is 0.874. The van der Waals surface area contributed by atoms with Crippen molar-refractivity contribution in [1.82, 2.24) is 0 Å². The maximum absolute atomic E-state index is 10.5. The van der Waals surface area contributed by atoms with Crippen molar-refractivity contribution in [3.8, 4) is 0 Å². The quantitative estimate of drug-likeness (QED) is 0.685. The van der Waals surface area contributed by atoms with E-state index in [1.54, 1.807) is 43.3 Å². The minimum Gasteiger partial charge on any atom is -0.481 e. The average molecular weight is 398 g/mol. The molecule has 140 valence electrons. The number of aliphatic carboxylic acids is 2. The van der Waals surface area contributed by atoms with Crippen molar-refractivity contribution >= 4 is 35.1 Å². The Morgan fingerprint density at radius 2 is 1.23 bits per heavy atom. The second-order valence-corrected chi connectivity index (χ2v) is 6.72. The van der Waals surface area contributed by atoms with Crippen molar-refractivity contribution < 1.29 is 19.8 Å². The summed E-state index contributed by atoms with van der Waals surface area (Å²) >= 11 is 11.4. The Hall–Kier alpha value is -2.08. The molecule has 2 aromatic carbocycles. The molecule has 2 rings (SSSR count). The third-order valence-electron chi connectivity index (χ3n) is 3.56. The fourth-order valence-corrected chi connectivity index (χ4v) is 2.28. The summed E-state index contributed by atoms with van der Waals surface area (Å²) < 4.78 is 0. The molecule has 0 saturated heterocycles. The summed E-state index contributed by atoms with van der Waals surface area (Å²) in [6, 6.07) is 13.4. The lowest BCUT2D eigenvalue weighted by Gasteiger charge is -2.05. The molecule has 4 N–H and O–H groups in total. The first-order valence-electron chi connectivity index (χ1n) is 7.89. The number of hydrogen-bond donors (Lipinski definition) is 3. The Morgan fingerprint density at radius 3 is 1.58 bits per heavy atom. The number of halogens is 2. The van der Waals surface area contributed by atoms with E-state index in [0.717, 1.165) is 11.1 Å². The molecule has 0 saturated carbocycles. The SMILES string of the molecule is CC(Cc1ccc(Cl)cc1)C(=O)O.NC(Cc1ccc(Cl)cc1)C(=O)O. The highest BCUT2D eigenvalue weighted by molar-refractivity contribution is 6.30. The molecule has 0 fully saturated rings. The van der Waals surface area contributed by atoms with Gasteiger partial charge in [0.2, 0.25) is 0 Å². The van der Waals surface area contributed by atoms with Gasteiger partial charge in [0.25, 0.3) is 0 Å². The van der Waals surface area contributed by atoms with Crippen molar-refractivity contribution in [2.75, 3.05) is 0 Å². The molecule has 0 aliphatic rings. The predicted molar refractivity (Wildman–Crippen MR) is 103 cm³/mol. The van der Waals surface area contributed by atoms with Crippen LogP contribution in [0, 0.1) is 5.92 Å². The minimum absolute atomic E-state index is 0.326. The van der Waals surface area contributed by atoms with E-state index in [2.05, 4.69) is 0 Å². The van der Waals surface area contributed by atoms with Crippen LogP contribution in [0.25, 0.3) is 0 Å². The topological polar surface area (TPSA) is 101 Å². The smallest absolute Gasteiger partial charge is 0.320 e. The molecule has 0 aromatic heterocycles. The van der Waals surface area contributed by atoms with E-state index >= 15 is 0 Å². The molecular formula is C19H21Cl2NO4. The first kappa shape index (κ1) is 22.0. The van der Waals surface area contributed by atoms with Gasteiger partial charge < -0.3 is 15.9 Å². The number of rotatable bonds is 6. The largest absolute Gasteiger partial charge is 0.481 e. The van der Waals surface area contributed by atoms with Crippen LogP contribution in [0.3, 0.4) is 0 Å². The van der Waals surface area contributed by atoms with Gasteiger partial charge in [-0.05, 0) is 48.2 Å². The zero-order valence-corrected chi connectivity index (χ0v) is 15.7. The number of nitrogens with two attached hydrogens (primary N) is 1. The van der Waals surface area contributed by atoms with Crippen LogP contribution in [0.4, 0.5) is 0 Å². The van der Waals surface area contributed by atoms with E-state index in [9.17, 15) is 9.59 Å². The first-order valence-corrected chi connectivity index (χ1v) is 8.64. The van der Waals surface area contributed by atoms with Crippen LogP contribution in [0.2, 0.25) is 10.0 Å². The zero-order valence-electron chi connectivity index (χ0n) is 14.2. The van der Waals surface area contributed by atoms with Crippen LogP contribution in [-0.2, 0) is 22.4 Å². The van der Waals surface area contributed by atoms with E-state index < -0.39 is 18.0 Å². The van der Waals surface area contributed by atoms with E-state index in [0.29, 0.717) is 22.9 Å². The molecule has 7 heteroatoms. The molecule has 2 unspecified atom stereocenters. The zero-order chi connectivity index (χ0) is 19.7. The molecule has 0 aliphatic carbocycles. The Morgan fingerprint density at radius 1 is 0.846 bits per heavy atom. The van der Waals surface area contributed by atoms with Crippen LogP contribution in [0.15, 0.2) is 48.5 Å². The van der Waals surface area contributed by atoms with E-state index in [1.165, 1.54) is 0 Å². The molecule has 5 nitrogen and oxygen atoms in total. The number of benzene rings is 2. The normalized spacial score (nSPS) is 12.5. The number of hydrogen-bond acceptors (Lipinski definition) is 3. The van der Waals surface area contributed by atoms with Gasteiger partial charge in [-0.2, -0.15) is 0 Å². The summed E-state index contributed by atoms with van der Waals surface area (Å²) in [5.74, 6) is -2.11. The van der Waals surface area contributed by atoms with Gasteiger partial charge in [0, 0.05) is 10.0 Å². The van der Waals surface area contributed by atoms with Crippen LogP contribution >= 0.6 is 23.2 Å². The van der Waals surface area contributed by atoms with Crippen LogP contribution in [0.1, 0.15) is 18.1 Å². The lowest BCUT2D eigenvalue weighted by molar-refractivity contribution is -0.141. The fraction of sp³-hybridized carbons (Fsp3) is 0.263. The van der Waals surface area contributed by atoms with Gasteiger partial charge in [-0.3, -0.25) is 9.59 Å². The van der Waals surface area contributed by atoms with Crippen molar-refractivity contribution in [1.29, 1.82) is 0 Å². The van der Waals surface area contributed by atoms with E-state index in [4.69, 9.17) is 39.1 Å². The Kier molecular flexibility index (Phi) is 9.13. The predicted octanol–water partition coefficient (Wildman–Crippen LogP) is 3.90. The molecule has 0 spiro atoms. The third kappa shape index (κ3) is 8.34. The molecule has 0 bridgehead atoms. The van der Waals surface area contributed by atoms with Crippen LogP contribution < -0.4 is 5.73 Å². The summed E-state index contributed by atoms with van der Waals surface area (Å²) in [5, 5.41) is 18.5. The second-order valence-electron chi connectivity index (χ2n) is 5.85. The van der Waals surface area contributed by atoms with Crippen molar-refractivity contribution in [2.24, 2.45) is 11.7 Å². The van der Waals surface area contributed by atoms with Gasteiger partial charge >= 0.3 is 11.9 Å². The molecule has 2 atom stereocenters. The van der Waals surface area contributed by atoms with Crippen LogP contribution in [-0.4, -0.2) is 28.2 Å². The average Bonchev–Trinajstić information content (AvgIpc) is 2.59. The molecular weight excluding hydrogens is 377 g/mol. The molecule has 2 aromatic rings. The van der Waals surface area contributed by atoms with Gasteiger partial charge in [0.15, 0.2) is 0 Å². The van der Waals surface area contributed by atoms with Gasteiger partial charge in [-0.25, -0.2) is 0 Å². The van der Waals surface area contributed by atoms with E-state index in [1.807, 2.05) is 12.1 Å². The third-order valence-corrected chi connectivity index (χ3v) is 4.07. The molecule has 0 heterocycles. The number of carboxylic acids is 2. The number of carboxylic acid groups (broad SMARTS) is 2. The second kappa shape index (κ2) is 10.8. The van der Waals surface area contributed by atoms with E-state index in [-0.39, 0.29) is 5.92 Å². The Balaban J connectivity index is 0.000000260. The summed E-state index contributed by atoms with van der Waals surface area (Å²) in [5.41, 5.74) is 7.23. The fourth-order valence-electron chi connectivity index (χ4n) is 2.02. The van der Waals surface area contributed by atoms with Gasteiger partial charge in [-0.1, -0.05) is 54.4 Å². The van der Waals surface area contributed by atoms with Crippen molar-refractivity contribution in [3.63, 3.8) is 0 Å². The van der Waals surface area contributed by atoms with Gasteiger partial charge in [-0.15, -0.1) is 0 Å². The van der Waals surface area contributed by atoms with Crippen LogP contribution in [0.5, 0.6) is 0 Å². The Bertz CT molecular complexity index is 654. The lowest BCUT2D eigenvalue weighted by atomic mass is 10.0. The summed E-state index contributed by atoms with van der Waals surface area (Å²) in [4.78, 5) is 21.0. The summed E-state index contributed by atoms with van der Waals surface area (Å²) in [7, 11) is 0. The standard InChI is InChI=1S/C10H11ClO2.C9H10ClNO2/c1-7(10(12)13)6-8-2-4-9(11)5-3-8;10-7-3-1-6(2-4-7)5-8(11)9(12)13/h2-5,7H,6H2,1H3,(H,12,13);1-4,8H,5,11H2,(H,12,13). The monoisotopic (exact) mass is 397 g/mol. The van der Waals surface area contributed by atoms with Crippen molar-refractivity contribution in [2.45, 2.75) is 25.8 Å². The van der Waals surface area contributed by atoms with Crippen molar-refractivity contribution in [3.05, 3.63) is 69.7 Å². The maximum atomic E-state index is 10.5. The molecule has 0 radical (unpaired) electrons. The highest BCUT2D eigenvalue weighted by atomic mass is 35.5. The van der Waals surface area contributed by atoms with Gasteiger partial charge in [0.05, 0.1) is 5.92 Å². The highest BCUT2D eigenvalue weighted by Gasteiger charge is 2.11. The molecule has 26 heavy (non-hydrogen) atoms. The minimum atomic E-state index is -0.991. The first-order chi connectivity index (χ1) is 12.2. The molecule has 0 amide bonds. The lowest BCUT2D eigenvalue weighted by Crippen LogP contribution is -2.32. The highest BCUT2D eigenvalue weighted by Crippen LogP contribution is 2.13. The maximum Gasteiger partial charge on any atom is 0.320 e. The van der Waals surface area contributed by atoms with Gasteiger partial charge in [0.1, 0.15) is 6.04 Å². The Labute approximate surface area is 162 Å². The number of carbonyl (C=O) groups is 2.